The SMILES string of the molecule is COC(C)C1(C=O)CCC(F)(F)C1. The Hall–Kier alpha value is -0.510. The van der Waals surface area contributed by atoms with Crippen LogP contribution in [0.25, 0.3) is 0 Å². The van der Waals surface area contributed by atoms with Crippen LogP contribution >= 0.6 is 0 Å². The molecule has 1 saturated carbocycles. The molecule has 1 fully saturated rings. The molecule has 1 aliphatic rings. The summed E-state index contributed by atoms with van der Waals surface area (Å²) < 4.78 is 30.8. The summed E-state index contributed by atoms with van der Waals surface area (Å²) >= 11 is 0. The summed E-state index contributed by atoms with van der Waals surface area (Å²) in [7, 11) is 1.44. The fourth-order valence-electron chi connectivity index (χ4n) is 1.85. The lowest BCUT2D eigenvalue weighted by atomic mass is 9.82. The smallest absolute Gasteiger partial charge is 0.249 e. The van der Waals surface area contributed by atoms with Crippen molar-refractivity contribution in [1.82, 2.24) is 0 Å². The molecule has 2 unspecified atom stereocenters. The predicted molar refractivity (Wildman–Crippen MR) is 43.8 cm³/mol. The Morgan fingerprint density at radius 3 is 2.38 bits per heavy atom. The fourth-order valence-corrected chi connectivity index (χ4v) is 1.85. The Morgan fingerprint density at radius 1 is 1.46 bits per heavy atom. The zero-order valence-corrected chi connectivity index (χ0v) is 7.85. The summed E-state index contributed by atoms with van der Waals surface area (Å²) in [5.74, 6) is -2.70. The van der Waals surface area contributed by atoms with Gasteiger partial charge in [0.05, 0.1) is 11.5 Å². The number of methoxy groups -OCH3 is 1. The molecule has 2 nitrogen and oxygen atoms in total. The van der Waals surface area contributed by atoms with Crippen LogP contribution in [0.1, 0.15) is 26.2 Å². The number of rotatable bonds is 3. The molecular formula is C9H14F2O2. The van der Waals surface area contributed by atoms with Gasteiger partial charge in [-0.2, -0.15) is 0 Å². The maximum absolute atomic E-state index is 12.9. The summed E-state index contributed by atoms with van der Waals surface area (Å²) in [5, 5.41) is 0. The van der Waals surface area contributed by atoms with E-state index < -0.39 is 17.4 Å². The summed E-state index contributed by atoms with van der Waals surface area (Å²) in [5.41, 5.74) is -0.974. The van der Waals surface area contributed by atoms with E-state index >= 15 is 0 Å². The standard InChI is InChI=1S/C9H14F2O2/c1-7(13-2)8(6-12)3-4-9(10,11)5-8/h6-7H,3-5H2,1-2H3. The highest BCUT2D eigenvalue weighted by Crippen LogP contribution is 2.48. The lowest BCUT2D eigenvalue weighted by molar-refractivity contribution is -0.126. The van der Waals surface area contributed by atoms with E-state index in [1.54, 1.807) is 6.92 Å². The van der Waals surface area contributed by atoms with Crippen molar-refractivity contribution in [2.45, 2.75) is 38.2 Å². The van der Waals surface area contributed by atoms with Gasteiger partial charge in [-0.15, -0.1) is 0 Å². The molecule has 4 heteroatoms. The van der Waals surface area contributed by atoms with Gasteiger partial charge in [0.25, 0.3) is 0 Å². The van der Waals surface area contributed by atoms with Crippen molar-refractivity contribution >= 4 is 6.29 Å². The zero-order chi connectivity index (χ0) is 10.1. The van der Waals surface area contributed by atoms with Crippen LogP contribution in [0.5, 0.6) is 0 Å². The van der Waals surface area contributed by atoms with Crippen LogP contribution in [0.2, 0.25) is 0 Å². The van der Waals surface area contributed by atoms with E-state index in [0.717, 1.165) is 0 Å². The average molecular weight is 192 g/mol. The highest BCUT2D eigenvalue weighted by molar-refractivity contribution is 5.61. The topological polar surface area (TPSA) is 26.3 Å². The van der Waals surface area contributed by atoms with E-state index in [-0.39, 0.29) is 19.3 Å². The predicted octanol–water partition coefficient (Wildman–Crippen LogP) is 2.03. The van der Waals surface area contributed by atoms with Crippen LogP contribution in [0.15, 0.2) is 0 Å². The zero-order valence-electron chi connectivity index (χ0n) is 7.85. The highest BCUT2D eigenvalue weighted by atomic mass is 19.3. The number of halogens is 2. The molecule has 0 aliphatic heterocycles. The highest BCUT2D eigenvalue weighted by Gasteiger charge is 2.52. The van der Waals surface area contributed by atoms with Gasteiger partial charge in [-0.1, -0.05) is 0 Å². The molecule has 76 valence electrons. The normalized spacial score (nSPS) is 34.5. The van der Waals surface area contributed by atoms with Crippen LogP contribution in [0.4, 0.5) is 8.78 Å². The monoisotopic (exact) mass is 192 g/mol. The molecule has 0 aromatic carbocycles. The van der Waals surface area contributed by atoms with Crippen molar-refractivity contribution in [2.75, 3.05) is 7.11 Å². The van der Waals surface area contributed by atoms with Gasteiger partial charge in [-0.05, 0) is 13.3 Å². The third-order valence-corrected chi connectivity index (χ3v) is 2.94. The molecule has 1 rings (SSSR count). The van der Waals surface area contributed by atoms with Crippen molar-refractivity contribution in [2.24, 2.45) is 5.41 Å². The van der Waals surface area contributed by atoms with Gasteiger partial charge in [0.15, 0.2) is 0 Å². The first-order valence-corrected chi connectivity index (χ1v) is 4.33. The number of hydrogen-bond acceptors (Lipinski definition) is 2. The molecule has 0 aromatic rings. The minimum atomic E-state index is -2.70. The Balaban J connectivity index is 2.79. The summed E-state index contributed by atoms with van der Waals surface area (Å²) in [6.45, 7) is 1.66. The molecule has 1 aliphatic carbocycles. The minimum absolute atomic E-state index is 0.209. The first-order chi connectivity index (χ1) is 5.96. The van der Waals surface area contributed by atoms with Gasteiger partial charge in [0.1, 0.15) is 6.29 Å². The number of carbonyl (C=O) groups excluding carboxylic acids is 1. The molecule has 0 spiro atoms. The molecular weight excluding hydrogens is 178 g/mol. The Morgan fingerprint density at radius 2 is 2.08 bits per heavy atom. The fraction of sp³-hybridized carbons (Fsp3) is 0.889. The summed E-state index contributed by atoms with van der Waals surface area (Å²) in [6, 6.07) is 0. The second-order valence-electron chi connectivity index (χ2n) is 3.76. The van der Waals surface area contributed by atoms with Crippen molar-refractivity contribution in [3.05, 3.63) is 0 Å². The van der Waals surface area contributed by atoms with Gasteiger partial charge in [-0.3, -0.25) is 0 Å². The number of carbonyl (C=O) groups is 1. The largest absolute Gasteiger partial charge is 0.381 e. The molecule has 0 heterocycles. The van der Waals surface area contributed by atoms with Crippen molar-refractivity contribution in [1.29, 1.82) is 0 Å². The van der Waals surface area contributed by atoms with Crippen LogP contribution in [-0.4, -0.2) is 25.4 Å². The van der Waals surface area contributed by atoms with Crippen LogP contribution in [0.3, 0.4) is 0 Å². The Labute approximate surface area is 76.3 Å². The first-order valence-electron chi connectivity index (χ1n) is 4.33. The second-order valence-corrected chi connectivity index (χ2v) is 3.76. The van der Waals surface area contributed by atoms with Crippen LogP contribution in [0, 0.1) is 5.41 Å². The van der Waals surface area contributed by atoms with E-state index in [4.69, 9.17) is 4.74 Å². The lowest BCUT2D eigenvalue weighted by Crippen LogP contribution is -2.35. The molecule has 0 aromatic heterocycles. The Kier molecular flexibility index (Phi) is 2.71. The maximum atomic E-state index is 12.9. The van der Waals surface area contributed by atoms with Gasteiger partial charge >= 0.3 is 0 Å². The maximum Gasteiger partial charge on any atom is 0.249 e. The van der Waals surface area contributed by atoms with E-state index in [9.17, 15) is 13.6 Å². The third-order valence-electron chi connectivity index (χ3n) is 2.94. The number of hydrogen-bond donors (Lipinski definition) is 0. The molecule has 0 radical (unpaired) electrons. The summed E-state index contributed by atoms with van der Waals surface area (Å²) in [6.07, 6.45) is -0.170. The number of ether oxygens (including phenoxy) is 1. The van der Waals surface area contributed by atoms with E-state index in [0.29, 0.717) is 6.29 Å². The molecule has 2 atom stereocenters. The molecule has 0 amide bonds. The third kappa shape index (κ3) is 1.88. The number of alkyl halides is 2. The molecule has 0 N–H and O–H groups in total. The van der Waals surface area contributed by atoms with E-state index in [1.165, 1.54) is 7.11 Å². The molecule has 0 bridgehead atoms. The second kappa shape index (κ2) is 3.33. The van der Waals surface area contributed by atoms with Gasteiger partial charge in [0.2, 0.25) is 5.92 Å². The Bertz CT molecular complexity index is 206. The van der Waals surface area contributed by atoms with Crippen LogP contribution in [-0.2, 0) is 9.53 Å². The first kappa shape index (κ1) is 10.6. The van der Waals surface area contributed by atoms with Crippen LogP contribution < -0.4 is 0 Å². The average Bonchev–Trinajstić information content (AvgIpc) is 2.41. The van der Waals surface area contributed by atoms with Gasteiger partial charge in [0, 0.05) is 20.0 Å². The van der Waals surface area contributed by atoms with Gasteiger partial charge < -0.3 is 9.53 Å². The minimum Gasteiger partial charge on any atom is -0.381 e. The lowest BCUT2D eigenvalue weighted by Gasteiger charge is -2.28. The molecule has 0 saturated heterocycles. The van der Waals surface area contributed by atoms with E-state index in [2.05, 4.69) is 0 Å². The molecule has 13 heavy (non-hydrogen) atoms. The van der Waals surface area contributed by atoms with Crippen molar-refractivity contribution < 1.29 is 18.3 Å². The van der Waals surface area contributed by atoms with Crippen molar-refractivity contribution in [3.8, 4) is 0 Å². The number of aldehydes is 1. The summed E-state index contributed by atoms with van der Waals surface area (Å²) in [4.78, 5) is 10.8. The van der Waals surface area contributed by atoms with Crippen molar-refractivity contribution in [3.63, 3.8) is 0 Å². The van der Waals surface area contributed by atoms with Gasteiger partial charge in [-0.25, -0.2) is 8.78 Å². The quantitative estimate of drug-likeness (QED) is 0.639. The van der Waals surface area contributed by atoms with E-state index in [1.807, 2.05) is 0 Å².